The molecule has 4 rings (SSSR count). The lowest BCUT2D eigenvalue weighted by Crippen LogP contribution is -2.42. The normalized spacial score (nSPS) is 17.6. The van der Waals surface area contributed by atoms with E-state index in [-0.39, 0.29) is 11.5 Å². The third-order valence-electron chi connectivity index (χ3n) is 6.16. The molecule has 2 aliphatic carbocycles. The summed E-state index contributed by atoms with van der Waals surface area (Å²) in [5.74, 6) is 0.514. The van der Waals surface area contributed by atoms with Crippen molar-refractivity contribution in [2.24, 2.45) is 7.05 Å². The van der Waals surface area contributed by atoms with Crippen LogP contribution in [0.3, 0.4) is 0 Å². The second kappa shape index (κ2) is 8.57. The molecule has 7 heteroatoms. The van der Waals surface area contributed by atoms with Crippen LogP contribution in [-0.2, 0) is 24.7 Å². The fourth-order valence-electron chi connectivity index (χ4n) is 4.64. The molecule has 0 aromatic carbocycles. The second-order valence-corrected chi connectivity index (χ2v) is 9.94. The van der Waals surface area contributed by atoms with Crippen LogP contribution in [0.4, 0.5) is 0 Å². The third kappa shape index (κ3) is 3.75. The number of hydrogen-bond donors (Lipinski definition) is 0. The Morgan fingerprint density at radius 2 is 1.96 bits per heavy atom. The molecule has 2 aromatic rings. The molecule has 1 fully saturated rings. The average molecular weight is 420 g/mol. The molecule has 0 atom stereocenters. The molecule has 0 bridgehead atoms. The Hall–Kier alpha value is -1.34. The van der Waals surface area contributed by atoms with Crippen molar-refractivity contribution >= 4 is 39.2 Å². The minimum atomic E-state index is 0.0407. The van der Waals surface area contributed by atoms with Crippen LogP contribution in [0, 0.1) is 0 Å². The Balaban J connectivity index is 1.53. The highest BCUT2D eigenvalue weighted by Crippen LogP contribution is 2.34. The van der Waals surface area contributed by atoms with Crippen molar-refractivity contribution in [2.45, 2.75) is 75.9 Å². The summed E-state index contributed by atoms with van der Waals surface area (Å²) in [6.07, 6.45) is 10.4. The number of amides is 1. The molecular weight excluding hydrogens is 390 g/mol. The molecule has 5 nitrogen and oxygen atoms in total. The van der Waals surface area contributed by atoms with Gasteiger partial charge in [-0.25, -0.2) is 4.98 Å². The van der Waals surface area contributed by atoms with E-state index in [1.807, 2.05) is 4.90 Å². The SMILES string of the molecule is CCN(C(=O)CSc1nc2sc3c(c2c(=O)n1C)CCCC3)C1CCCCC1. The number of aryl methyl sites for hydroxylation is 2. The molecule has 152 valence electrons. The number of thioether (sulfide) groups is 1. The molecule has 2 heterocycles. The van der Waals surface area contributed by atoms with E-state index in [0.29, 0.717) is 17.0 Å². The standard InChI is InChI=1S/C21H29N3O2S2/c1-3-24(14-9-5-4-6-10-14)17(25)13-27-21-22-19-18(20(26)23(21)2)15-11-7-8-12-16(15)28-19/h14H,3-13H2,1-2H3. The van der Waals surface area contributed by atoms with E-state index in [1.54, 1.807) is 23.0 Å². The van der Waals surface area contributed by atoms with Gasteiger partial charge in [0.25, 0.3) is 5.56 Å². The molecule has 2 aliphatic rings. The summed E-state index contributed by atoms with van der Waals surface area (Å²) in [7, 11) is 1.78. The first-order valence-corrected chi connectivity index (χ1v) is 12.3. The highest BCUT2D eigenvalue weighted by atomic mass is 32.2. The number of carbonyl (C=O) groups excluding carboxylic acids is 1. The summed E-state index contributed by atoms with van der Waals surface area (Å²) in [5, 5.41) is 1.47. The van der Waals surface area contributed by atoms with Crippen molar-refractivity contribution < 1.29 is 4.79 Å². The third-order valence-corrected chi connectivity index (χ3v) is 8.36. The zero-order valence-electron chi connectivity index (χ0n) is 16.8. The number of rotatable bonds is 5. The van der Waals surface area contributed by atoms with Gasteiger partial charge in [0.15, 0.2) is 5.16 Å². The number of carbonyl (C=O) groups is 1. The first-order chi connectivity index (χ1) is 13.6. The van der Waals surface area contributed by atoms with Gasteiger partial charge in [0, 0.05) is 24.5 Å². The van der Waals surface area contributed by atoms with Gasteiger partial charge >= 0.3 is 0 Å². The van der Waals surface area contributed by atoms with Crippen molar-refractivity contribution in [1.82, 2.24) is 14.5 Å². The summed E-state index contributed by atoms with van der Waals surface area (Å²) in [6, 6.07) is 0.384. The van der Waals surface area contributed by atoms with Gasteiger partial charge in [-0.1, -0.05) is 31.0 Å². The van der Waals surface area contributed by atoms with Crippen LogP contribution in [-0.4, -0.2) is 38.7 Å². The van der Waals surface area contributed by atoms with Gasteiger partial charge in [-0.3, -0.25) is 14.2 Å². The average Bonchev–Trinajstić information content (AvgIpc) is 3.09. The van der Waals surface area contributed by atoms with Gasteiger partial charge in [0.1, 0.15) is 4.83 Å². The molecule has 0 saturated heterocycles. The second-order valence-electron chi connectivity index (χ2n) is 7.91. The number of thiophene rings is 1. The zero-order chi connectivity index (χ0) is 19.7. The van der Waals surface area contributed by atoms with Crippen LogP contribution in [0.1, 0.15) is 62.3 Å². The minimum absolute atomic E-state index is 0.0407. The first kappa shape index (κ1) is 20.0. The molecule has 0 spiro atoms. The molecule has 1 saturated carbocycles. The first-order valence-electron chi connectivity index (χ1n) is 10.5. The Morgan fingerprint density at radius 3 is 2.71 bits per heavy atom. The van der Waals surface area contributed by atoms with Gasteiger partial charge < -0.3 is 4.90 Å². The van der Waals surface area contributed by atoms with Crippen molar-refractivity contribution in [3.63, 3.8) is 0 Å². The van der Waals surface area contributed by atoms with Crippen LogP contribution in [0.25, 0.3) is 10.2 Å². The lowest BCUT2D eigenvalue weighted by molar-refractivity contribution is -0.131. The summed E-state index contributed by atoms with van der Waals surface area (Å²) in [5.41, 5.74) is 1.26. The summed E-state index contributed by atoms with van der Waals surface area (Å²) < 4.78 is 1.64. The van der Waals surface area contributed by atoms with E-state index in [0.717, 1.165) is 48.9 Å². The smallest absolute Gasteiger partial charge is 0.262 e. The van der Waals surface area contributed by atoms with Crippen molar-refractivity contribution in [3.8, 4) is 0 Å². The van der Waals surface area contributed by atoms with E-state index in [9.17, 15) is 9.59 Å². The monoisotopic (exact) mass is 419 g/mol. The maximum atomic E-state index is 13.0. The zero-order valence-corrected chi connectivity index (χ0v) is 18.5. The predicted molar refractivity (Wildman–Crippen MR) is 116 cm³/mol. The topological polar surface area (TPSA) is 55.2 Å². The lowest BCUT2D eigenvalue weighted by Gasteiger charge is -2.33. The molecule has 2 aromatic heterocycles. The van der Waals surface area contributed by atoms with Gasteiger partial charge in [0.2, 0.25) is 5.91 Å². The predicted octanol–water partition coefficient (Wildman–Crippen LogP) is 4.15. The van der Waals surface area contributed by atoms with E-state index in [4.69, 9.17) is 4.98 Å². The summed E-state index contributed by atoms with van der Waals surface area (Å²) in [4.78, 5) is 34.8. The van der Waals surface area contributed by atoms with E-state index in [1.165, 1.54) is 47.9 Å². The maximum absolute atomic E-state index is 13.0. The Kier molecular flexibility index (Phi) is 6.11. The van der Waals surface area contributed by atoms with E-state index in [2.05, 4.69) is 6.92 Å². The van der Waals surface area contributed by atoms with Crippen molar-refractivity contribution in [2.75, 3.05) is 12.3 Å². The molecule has 1 amide bonds. The lowest BCUT2D eigenvalue weighted by atomic mass is 9.94. The van der Waals surface area contributed by atoms with E-state index >= 15 is 0 Å². The van der Waals surface area contributed by atoms with Crippen molar-refractivity contribution in [1.29, 1.82) is 0 Å². The highest BCUT2D eigenvalue weighted by Gasteiger charge is 2.25. The Labute approximate surface area is 174 Å². The van der Waals surface area contributed by atoms with Gasteiger partial charge in [0.05, 0.1) is 11.1 Å². The number of aromatic nitrogens is 2. The molecule has 0 unspecified atom stereocenters. The molecule has 0 aliphatic heterocycles. The molecule has 28 heavy (non-hydrogen) atoms. The summed E-state index contributed by atoms with van der Waals surface area (Å²) >= 11 is 3.08. The largest absolute Gasteiger partial charge is 0.339 e. The van der Waals surface area contributed by atoms with Gasteiger partial charge in [-0.05, 0) is 51.0 Å². The number of fused-ring (bicyclic) bond motifs is 3. The van der Waals surface area contributed by atoms with Crippen LogP contribution >= 0.6 is 23.1 Å². The fraction of sp³-hybridized carbons (Fsp3) is 0.667. The summed E-state index contributed by atoms with van der Waals surface area (Å²) in [6.45, 7) is 2.82. The Morgan fingerprint density at radius 1 is 1.21 bits per heavy atom. The number of hydrogen-bond acceptors (Lipinski definition) is 5. The van der Waals surface area contributed by atoms with Crippen LogP contribution in [0.5, 0.6) is 0 Å². The Bertz CT molecular complexity index is 928. The van der Waals surface area contributed by atoms with E-state index < -0.39 is 0 Å². The van der Waals surface area contributed by atoms with Crippen LogP contribution in [0.2, 0.25) is 0 Å². The molecule has 0 N–H and O–H groups in total. The van der Waals surface area contributed by atoms with Gasteiger partial charge in [-0.2, -0.15) is 0 Å². The highest BCUT2D eigenvalue weighted by molar-refractivity contribution is 7.99. The van der Waals surface area contributed by atoms with Gasteiger partial charge in [-0.15, -0.1) is 11.3 Å². The minimum Gasteiger partial charge on any atom is -0.339 e. The number of nitrogens with zero attached hydrogens (tertiary/aromatic N) is 3. The molecule has 0 radical (unpaired) electrons. The van der Waals surface area contributed by atoms with Crippen LogP contribution in [0.15, 0.2) is 9.95 Å². The van der Waals surface area contributed by atoms with Crippen molar-refractivity contribution in [3.05, 3.63) is 20.8 Å². The quantitative estimate of drug-likeness (QED) is 0.540. The molecular formula is C21H29N3O2S2. The van der Waals surface area contributed by atoms with Crippen LogP contribution < -0.4 is 5.56 Å². The fourth-order valence-corrected chi connectivity index (χ4v) is 6.80. The maximum Gasteiger partial charge on any atom is 0.262 e.